The van der Waals surface area contributed by atoms with Gasteiger partial charge in [-0.3, -0.25) is 0 Å². The van der Waals surface area contributed by atoms with Crippen molar-refractivity contribution in [2.75, 3.05) is 5.75 Å². The standard InChI is InChI=1S/C7H14O2S/c1-6(2)5-10(8,9)7(3)4/h6H,3,5H2,1-2,4H3. The van der Waals surface area contributed by atoms with Crippen LogP contribution in [0.5, 0.6) is 0 Å². The molecular weight excluding hydrogens is 148 g/mol. The number of hydrogen-bond acceptors (Lipinski definition) is 2. The minimum absolute atomic E-state index is 0.182. The van der Waals surface area contributed by atoms with Gasteiger partial charge in [-0.2, -0.15) is 0 Å². The normalized spacial score (nSPS) is 12.0. The van der Waals surface area contributed by atoms with Gasteiger partial charge in [-0.15, -0.1) is 0 Å². The Morgan fingerprint density at radius 2 is 1.90 bits per heavy atom. The minimum Gasteiger partial charge on any atom is -0.224 e. The van der Waals surface area contributed by atoms with E-state index >= 15 is 0 Å². The first kappa shape index (κ1) is 9.69. The van der Waals surface area contributed by atoms with Crippen molar-refractivity contribution in [3.05, 3.63) is 11.5 Å². The summed E-state index contributed by atoms with van der Waals surface area (Å²) < 4.78 is 22.1. The number of hydrogen-bond donors (Lipinski definition) is 0. The quantitative estimate of drug-likeness (QED) is 0.631. The molecule has 0 saturated heterocycles. The van der Waals surface area contributed by atoms with Crippen LogP contribution in [0, 0.1) is 5.92 Å². The molecule has 0 aromatic rings. The highest BCUT2D eigenvalue weighted by Crippen LogP contribution is 2.07. The predicted octanol–water partition coefficient (Wildman–Crippen LogP) is 1.59. The van der Waals surface area contributed by atoms with Crippen LogP contribution in [0.3, 0.4) is 0 Å². The molecule has 60 valence electrons. The van der Waals surface area contributed by atoms with Gasteiger partial charge < -0.3 is 0 Å². The molecule has 0 unspecified atom stereocenters. The summed E-state index contributed by atoms with van der Waals surface area (Å²) in [4.78, 5) is 0.265. The summed E-state index contributed by atoms with van der Waals surface area (Å²) in [5.74, 6) is 0.393. The average molecular weight is 162 g/mol. The van der Waals surface area contributed by atoms with Gasteiger partial charge in [0.2, 0.25) is 0 Å². The third-order valence-corrected chi connectivity index (χ3v) is 3.25. The maximum Gasteiger partial charge on any atom is 0.173 e. The fourth-order valence-corrected chi connectivity index (χ4v) is 1.74. The molecule has 0 heterocycles. The summed E-state index contributed by atoms with van der Waals surface area (Å²) in [5.41, 5.74) is 0. The van der Waals surface area contributed by atoms with E-state index in [2.05, 4.69) is 6.58 Å². The van der Waals surface area contributed by atoms with E-state index < -0.39 is 9.84 Å². The highest BCUT2D eigenvalue weighted by molar-refractivity contribution is 7.95. The van der Waals surface area contributed by atoms with Gasteiger partial charge in [0.15, 0.2) is 9.84 Å². The molecule has 0 saturated carbocycles. The molecular formula is C7H14O2S. The highest BCUT2D eigenvalue weighted by Gasteiger charge is 2.12. The average Bonchev–Trinajstić information content (AvgIpc) is 1.60. The van der Waals surface area contributed by atoms with Gasteiger partial charge in [-0.05, 0) is 12.8 Å². The van der Waals surface area contributed by atoms with Crippen molar-refractivity contribution in [2.45, 2.75) is 20.8 Å². The Morgan fingerprint density at radius 3 is 2.00 bits per heavy atom. The summed E-state index contributed by atoms with van der Waals surface area (Å²) in [6.45, 7) is 8.67. The molecule has 0 spiro atoms. The van der Waals surface area contributed by atoms with Crippen LogP contribution in [0.4, 0.5) is 0 Å². The fourth-order valence-electron chi connectivity index (χ4n) is 0.581. The van der Waals surface area contributed by atoms with Crippen LogP contribution in [-0.2, 0) is 9.84 Å². The maximum absolute atomic E-state index is 11.0. The molecule has 3 heteroatoms. The maximum atomic E-state index is 11.0. The molecule has 10 heavy (non-hydrogen) atoms. The molecule has 0 rings (SSSR count). The molecule has 0 aromatic carbocycles. The van der Waals surface area contributed by atoms with Crippen LogP contribution in [-0.4, -0.2) is 14.2 Å². The monoisotopic (exact) mass is 162 g/mol. The van der Waals surface area contributed by atoms with Crippen LogP contribution >= 0.6 is 0 Å². The van der Waals surface area contributed by atoms with Gasteiger partial charge >= 0.3 is 0 Å². The lowest BCUT2D eigenvalue weighted by molar-refractivity contribution is 0.588. The number of rotatable bonds is 3. The molecule has 0 N–H and O–H groups in total. The van der Waals surface area contributed by atoms with Crippen molar-refractivity contribution in [2.24, 2.45) is 5.92 Å². The Labute approximate surface area is 62.9 Å². The van der Waals surface area contributed by atoms with Crippen LogP contribution < -0.4 is 0 Å². The molecule has 2 nitrogen and oxygen atoms in total. The van der Waals surface area contributed by atoms with Gasteiger partial charge in [0.1, 0.15) is 0 Å². The molecule has 0 aromatic heterocycles. The summed E-state index contributed by atoms with van der Waals surface area (Å²) in [6, 6.07) is 0. The van der Waals surface area contributed by atoms with Gasteiger partial charge in [0, 0.05) is 4.91 Å². The van der Waals surface area contributed by atoms with Crippen LogP contribution in [0.25, 0.3) is 0 Å². The largest absolute Gasteiger partial charge is 0.224 e. The summed E-state index contributed by atoms with van der Waals surface area (Å²) >= 11 is 0. The molecule has 0 aliphatic carbocycles. The number of sulfone groups is 1. The molecule has 0 fully saturated rings. The molecule has 0 radical (unpaired) electrons. The fraction of sp³-hybridized carbons (Fsp3) is 0.714. The first-order valence-corrected chi connectivity index (χ1v) is 4.89. The van der Waals surface area contributed by atoms with E-state index in [0.717, 1.165) is 0 Å². The van der Waals surface area contributed by atoms with Gasteiger partial charge in [-0.1, -0.05) is 20.4 Å². The van der Waals surface area contributed by atoms with E-state index in [0.29, 0.717) is 0 Å². The molecule has 0 aliphatic heterocycles. The topological polar surface area (TPSA) is 34.1 Å². The summed E-state index contributed by atoms with van der Waals surface area (Å²) in [5, 5.41) is 0. The lowest BCUT2D eigenvalue weighted by atomic mass is 10.3. The molecule has 0 bridgehead atoms. The van der Waals surface area contributed by atoms with Crippen molar-refractivity contribution in [1.29, 1.82) is 0 Å². The van der Waals surface area contributed by atoms with Gasteiger partial charge in [-0.25, -0.2) is 8.42 Å². The zero-order valence-corrected chi connectivity index (χ0v) is 7.53. The Balaban J connectivity index is 4.31. The smallest absolute Gasteiger partial charge is 0.173 e. The van der Waals surface area contributed by atoms with E-state index in [9.17, 15) is 8.42 Å². The Kier molecular flexibility index (Phi) is 3.09. The van der Waals surface area contributed by atoms with E-state index in [1.807, 2.05) is 13.8 Å². The second kappa shape index (κ2) is 3.19. The highest BCUT2D eigenvalue weighted by atomic mass is 32.2. The molecule has 0 amide bonds. The van der Waals surface area contributed by atoms with Crippen molar-refractivity contribution in [1.82, 2.24) is 0 Å². The first-order chi connectivity index (χ1) is 4.36. The molecule has 0 atom stereocenters. The Bertz CT molecular complexity index is 212. The summed E-state index contributed by atoms with van der Waals surface area (Å²) in [7, 11) is -2.99. The third kappa shape index (κ3) is 3.01. The van der Waals surface area contributed by atoms with Crippen LogP contribution in [0.2, 0.25) is 0 Å². The zero-order chi connectivity index (χ0) is 8.36. The predicted molar refractivity (Wildman–Crippen MR) is 43.4 cm³/mol. The lowest BCUT2D eigenvalue weighted by Gasteiger charge is -2.04. The Hall–Kier alpha value is -0.310. The number of allylic oxidation sites excluding steroid dienone is 1. The second-order valence-corrected chi connectivity index (χ2v) is 5.14. The first-order valence-electron chi connectivity index (χ1n) is 3.24. The zero-order valence-electron chi connectivity index (χ0n) is 6.72. The van der Waals surface area contributed by atoms with Crippen LogP contribution in [0.15, 0.2) is 11.5 Å². The van der Waals surface area contributed by atoms with Crippen LogP contribution in [0.1, 0.15) is 20.8 Å². The van der Waals surface area contributed by atoms with E-state index in [1.165, 1.54) is 6.92 Å². The lowest BCUT2D eigenvalue weighted by Crippen LogP contribution is -2.11. The minimum atomic E-state index is -2.99. The van der Waals surface area contributed by atoms with Gasteiger partial charge in [0.25, 0.3) is 0 Å². The second-order valence-electron chi connectivity index (χ2n) is 2.88. The van der Waals surface area contributed by atoms with Gasteiger partial charge in [0.05, 0.1) is 5.75 Å². The van der Waals surface area contributed by atoms with Crippen molar-refractivity contribution in [3.63, 3.8) is 0 Å². The summed E-state index contributed by atoms with van der Waals surface area (Å²) in [6.07, 6.45) is 0. The Morgan fingerprint density at radius 1 is 1.50 bits per heavy atom. The van der Waals surface area contributed by atoms with E-state index in [-0.39, 0.29) is 16.6 Å². The molecule has 0 aliphatic rings. The van der Waals surface area contributed by atoms with Crippen molar-refractivity contribution < 1.29 is 8.42 Å². The van der Waals surface area contributed by atoms with E-state index in [4.69, 9.17) is 0 Å². The van der Waals surface area contributed by atoms with Crippen molar-refractivity contribution in [3.8, 4) is 0 Å². The van der Waals surface area contributed by atoms with E-state index in [1.54, 1.807) is 0 Å². The third-order valence-electron chi connectivity index (χ3n) is 1.08. The SMILES string of the molecule is C=C(C)S(=O)(=O)CC(C)C. The van der Waals surface area contributed by atoms with Crippen molar-refractivity contribution >= 4 is 9.84 Å².